The van der Waals surface area contributed by atoms with Crippen molar-refractivity contribution in [3.63, 3.8) is 0 Å². The predicted molar refractivity (Wildman–Crippen MR) is 90.9 cm³/mol. The van der Waals surface area contributed by atoms with Crippen LogP contribution in [0.4, 0.5) is 0 Å². The zero-order valence-corrected chi connectivity index (χ0v) is 12.7. The molecule has 3 heteroatoms. The Kier molecular flexibility index (Phi) is 4.16. The topological polar surface area (TPSA) is 45.0 Å². The molecule has 2 aromatic rings. The summed E-state index contributed by atoms with van der Waals surface area (Å²) in [6.07, 6.45) is 0.620. The van der Waals surface area contributed by atoms with E-state index in [1.54, 1.807) is 0 Å². The van der Waals surface area contributed by atoms with Gasteiger partial charge in [0.05, 0.1) is 23.5 Å². The van der Waals surface area contributed by atoms with Crippen LogP contribution in [0.5, 0.6) is 0 Å². The van der Waals surface area contributed by atoms with E-state index in [1.807, 2.05) is 36.4 Å². The average Bonchev–Trinajstić information content (AvgIpc) is 2.56. The first kappa shape index (κ1) is 14.7. The van der Waals surface area contributed by atoms with Crippen LogP contribution in [0.2, 0.25) is 0 Å². The fourth-order valence-corrected chi connectivity index (χ4v) is 2.68. The van der Waals surface area contributed by atoms with Crippen molar-refractivity contribution >= 4 is 11.4 Å². The zero-order valence-electron chi connectivity index (χ0n) is 12.7. The molecule has 0 fully saturated rings. The maximum Gasteiger partial charge on any atom is 0.0912 e. The van der Waals surface area contributed by atoms with E-state index in [1.165, 1.54) is 0 Å². The van der Waals surface area contributed by atoms with Crippen LogP contribution in [0, 0.1) is 0 Å². The third-order valence-electron chi connectivity index (χ3n) is 3.93. The molecule has 1 aliphatic heterocycles. The molecule has 22 heavy (non-hydrogen) atoms. The third kappa shape index (κ3) is 3.00. The van der Waals surface area contributed by atoms with Crippen LogP contribution in [0.1, 0.15) is 24.5 Å². The molecule has 1 heterocycles. The number of nitrogens with zero attached hydrogens (tertiary/aromatic N) is 2. The highest BCUT2D eigenvalue weighted by Crippen LogP contribution is 2.24. The average molecular weight is 292 g/mol. The summed E-state index contributed by atoms with van der Waals surface area (Å²) in [6, 6.07) is 20.3. The summed E-state index contributed by atoms with van der Waals surface area (Å²) in [7, 11) is 0. The Morgan fingerprint density at radius 2 is 1.45 bits per heavy atom. The first-order chi connectivity index (χ1) is 10.7. The van der Waals surface area contributed by atoms with Crippen molar-refractivity contribution in [1.82, 2.24) is 0 Å². The SMILES string of the molecule is CC1(CCO)CN=C(c2ccccc2)C(c2ccccc2)=N1. The third-order valence-corrected chi connectivity index (χ3v) is 3.93. The quantitative estimate of drug-likeness (QED) is 0.924. The van der Waals surface area contributed by atoms with Crippen LogP contribution < -0.4 is 0 Å². The van der Waals surface area contributed by atoms with Gasteiger partial charge in [-0.2, -0.15) is 0 Å². The van der Waals surface area contributed by atoms with Crippen molar-refractivity contribution in [2.45, 2.75) is 18.9 Å². The molecule has 112 valence electrons. The van der Waals surface area contributed by atoms with E-state index in [-0.39, 0.29) is 12.1 Å². The molecular formula is C19H20N2O. The molecule has 1 aliphatic rings. The fourth-order valence-electron chi connectivity index (χ4n) is 2.68. The van der Waals surface area contributed by atoms with Gasteiger partial charge in [-0.05, 0) is 13.3 Å². The van der Waals surface area contributed by atoms with Gasteiger partial charge < -0.3 is 5.11 Å². The van der Waals surface area contributed by atoms with Crippen LogP contribution in [0.25, 0.3) is 0 Å². The van der Waals surface area contributed by atoms with Crippen molar-refractivity contribution in [2.24, 2.45) is 9.98 Å². The Morgan fingerprint density at radius 1 is 0.909 bits per heavy atom. The van der Waals surface area contributed by atoms with Crippen molar-refractivity contribution in [3.8, 4) is 0 Å². The lowest BCUT2D eigenvalue weighted by Gasteiger charge is -2.29. The van der Waals surface area contributed by atoms with Gasteiger partial charge in [0.2, 0.25) is 0 Å². The van der Waals surface area contributed by atoms with Gasteiger partial charge in [0.25, 0.3) is 0 Å². The van der Waals surface area contributed by atoms with E-state index in [2.05, 4.69) is 31.2 Å². The lowest BCUT2D eigenvalue weighted by atomic mass is 9.92. The Labute approximate surface area is 131 Å². The van der Waals surface area contributed by atoms with Crippen LogP contribution >= 0.6 is 0 Å². The van der Waals surface area contributed by atoms with E-state index >= 15 is 0 Å². The Morgan fingerprint density at radius 3 is 2.00 bits per heavy atom. The van der Waals surface area contributed by atoms with Gasteiger partial charge in [0, 0.05) is 17.7 Å². The molecule has 0 spiro atoms. The fraction of sp³-hybridized carbons (Fsp3) is 0.263. The molecule has 1 unspecified atom stereocenters. The summed E-state index contributed by atoms with van der Waals surface area (Å²) in [6.45, 7) is 2.78. The molecule has 1 atom stereocenters. The van der Waals surface area contributed by atoms with E-state index < -0.39 is 0 Å². The lowest BCUT2D eigenvalue weighted by Crippen LogP contribution is -2.36. The predicted octanol–water partition coefficient (Wildman–Crippen LogP) is 3.12. The minimum atomic E-state index is -0.335. The molecule has 2 aromatic carbocycles. The van der Waals surface area contributed by atoms with E-state index in [9.17, 15) is 5.11 Å². The number of hydrogen-bond donors (Lipinski definition) is 1. The molecule has 1 N–H and O–H groups in total. The standard InChI is InChI=1S/C19H20N2O/c1-19(12-13-22)14-20-17(15-8-4-2-5-9-15)18(21-19)16-10-6-3-7-11-16/h2-11,22H,12-14H2,1H3. The smallest absolute Gasteiger partial charge is 0.0912 e. The van der Waals surface area contributed by atoms with Gasteiger partial charge in [-0.1, -0.05) is 60.7 Å². The first-order valence-electron chi connectivity index (χ1n) is 7.58. The molecule has 0 amide bonds. The van der Waals surface area contributed by atoms with Gasteiger partial charge in [-0.3, -0.25) is 9.98 Å². The second-order valence-electron chi connectivity index (χ2n) is 5.83. The number of benzene rings is 2. The van der Waals surface area contributed by atoms with Crippen molar-refractivity contribution in [2.75, 3.05) is 13.2 Å². The number of rotatable bonds is 4. The lowest BCUT2D eigenvalue weighted by molar-refractivity contribution is 0.249. The Bertz CT molecular complexity index is 692. The van der Waals surface area contributed by atoms with Crippen LogP contribution in [-0.2, 0) is 0 Å². The highest BCUT2D eigenvalue weighted by Gasteiger charge is 2.29. The van der Waals surface area contributed by atoms with E-state index in [0.717, 1.165) is 22.6 Å². The molecule has 0 aromatic heterocycles. The summed E-state index contributed by atoms with van der Waals surface area (Å²) in [5, 5.41) is 9.31. The van der Waals surface area contributed by atoms with Gasteiger partial charge in [0.1, 0.15) is 0 Å². The summed E-state index contributed by atoms with van der Waals surface area (Å²) in [5.74, 6) is 0. The Hall–Kier alpha value is -2.26. The minimum absolute atomic E-state index is 0.123. The molecule has 0 aliphatic carbocycles. The minimum Gasteiger partial charge on any atom is -0.396 e. The van der Waals surface area contributed by atoms with Crippen LogP contribution in [0.15, 0.2) is 70.6 Å². The zero-order chi connectivity index (χ0) is 15.4. The molecule has 0 saturated heterocycles. The summed E-state index contributed by atoms with van der Waals surface area (Å²) < 4.78 is 0. The van der Waals surface area contributed by atoms with Gasteiger partial charge in [0.15, 0.2) is 0 Å². The van der Waals surface area contributed by atoms with E-state index in [0.29, 0.717) is 13.0 Å². The number of aliphatic hydroxyl groups excluding tert-OH is 1. The molecule has 0 radical (unpaired) electrons. The van der Waals surface area contributed by atoms with Gasteiger partial charge >= 0.3 is 0 Å². The maximum absolute atomic E-state index is 9.31. The molecule has 3 rings (SSSR count). The van der Waals surface area contributed by atoms with Gasteiger partial charge in [-0.15, -0.1) is 0 Å². The highest BCUT2D eigenvalue weighted by molar-refractivity contribution is 6.53. The normalized spacial score (nSPS) is 21.2. The second kappa shape index (κ2) is 6.24. The van der Waals surface area contributed by atoms with Crippen LogP contribution in [-0.4, -0.2) is 35.2 Å². The van der Waals surface area contributed by atoms with Crippen molar-refractivity contribution in [1.29, 1.82) is 0 Å². The Balaban J connectivity index is 2.07. The number of aliphatic imine (C=N–C) groups is 2. The van der Waals surface area contributed by atoms with Gasteiger partial charge in [-0.25, -0.2) is 0 Å². The van der Waals surface area contributed by atoms with Crippen molar-refractivity contribution in [3.05, 3.63) is 71.8 Å². The molecule has 0 bridgehead atoms. The second-order valence-corrected chi connectivity index (χ2v) is 5.83. The highest BCUT2D eigenvalue weighted by atomic mass is 16.3. The maximum atomic E-state index is 9.31. The number of hydrogen-bond acceptors (Lipinski definition) is 3. The monoisotopic (exact) mass is 292 g/mol. The summed E-state index contributed by atoms with van der Waals surface area (Å²) in [5.41, 5.74) is 3.65. The molecular weight excluding hydrogens is 272 g/mol. The summed E-state index contributed by atoms with van der Waals surface area (Å²) >= 11 is 0. The van der Waals surface area contributed by atoms with Crippen LogP contribution in [0.3, 0.4) is 0 Å². The molecule has 3 nitrogen and oxygen atoms in total. The largest absolute Gasteiger partial charge is 0.396 e. The van der Waals surface area contributed by atoms with Crippen molar-refractivity contribution < 1.29 is 5.11 Å². The summed E-state index contributed by atoms with van der Waals surface area (Å²) in [4.78, 5) is 9.76. The number of aliphatic hydroxyl groups is 1. The molecule has 0 saturated carbocycles. The first-order valence-corrected chi connectivity index (χ1v) is 7.58. The van der Waals surface area contributed by atoms with E-state index in [4.69, 9.17) is 9.98 Å².